The molecule has 0 aliphatic carbocycles. The van der Waals surface area contributed by atoms with Crippen LogP contribution < -0.4 is 11.1 Å². The van der Waals surface area contributed by atoms with Crippen LogP contribution in [-0.2, 0) is 11.3 Å². The predicted octanol–water partition coefficient (Wildman–Crippen LogP) is 1.35. The van der Waals surface area contributed by atoms with Gasteiger partial charge in [0.05, 0.1) is 23.7 Å². The molecule has 0 aliphatic rings. The third kappa shape index (κ3) is 3.30. The number of nitriles is 1. The minimum Gasteiger partial charge on any atom is -0.419 e. The van der Waals surface area contributed by atoms with E-state index in [1.54, 1.807) is 31.2 Å². The van der Waals surface area contributed by atoms with Crippen LogP contribution in [0.5, 0.6) is 0 Å². The van der Waals surface area contributed by atoms with Crippen molar-refractivity contribution in [3.05, 3.63) is 35.7 Å². The molecule has 7 nitrogen and oxygen atoms in total. The van der Waals surface area contributed by atoms with E-state index in [1.165, 1.54) is 0 Å². The van der Waals surface area contributed by atoms with Crippen molar-refractivity contribution in [3.63, 3.8) is 0 Å². The maximum absolute atomic E-state index is 11.4. The lowest BCUT2D eigenvalue weighted by atomic mass is 9.98. The van der Waals surface area contributed by atoms with Crippen LogP contribution in [0.15, 0.2) is 28.7 Å². The molecule has 2 rings (SSSR count). The van der Waals surface area contributed by atoms with E-state index in [0.29, 0.717) is 23.8 Å². The number of carbonyl (C=O) groups is 1. The molecule has 22 heavy (non-hydrogen) atoms. The van der Waals surface area contributed by atoms with Crippen LogP contribution >= 0.6 is 0 Å². The number of nitrogens with one attached hydrogen (secondary N) is 1. The van der Waals surface area contributed by atoms with E-state index in [1.807, 2.05) is 13.0 Å². The van der Waals surface area contributed by atoms with Crippen LogP contribution in [0.2, 0.25) is 0 Å². The first-order valence-electron chi connectivity index (χ1n) is 6.86. The summed E-state index contributed by atoms with van der Waals surface area (Å²) in [6.07, 6.45) is 0.555. The lowest BCUT2D eigenvalue weighted by molar-refractivity contribution is -0.124. The van der Waals surface area contributed by atoms with Crippen molar-refractivity contribution in [2.24, 2.45) is 5.73 Å². The maximum atomic E-state index is 11.4. The van der Waals surface area contributed by atoms with E-state index < -0.39 is 11.4 Å². The second-order valence-corrected chi connectivity index (χ2v) is 5.09. The number of nitrogens with two attached hydrogens (primary N) is 1. The van der Waals surface area contributed by atoms with E-state index in [0.717, 1.165) is 5.56 Å². The smallest absolute Gasteiger partial charge is 0.247 e. The SMILES string of the molecule is CC[C@](C)(NCc1nnc(-c2ccc(C#N)cc2)o1)C(N)=O. The molecule has 114 valence electrons. The Bertz CT molecular complexity index is 701. The van der Waals surface area contributed by atoms with Crippen LogP contribution in [-0.4, -0.2) is 21.6 Å². The van der Waals surface area contributed by atoms with Gasteiger partial charge in [-0.3, -0.25) is 10.1 Å². The zero-order chi connectivity index (χ0) is 16.2. The Morgan fingerprint density at radius 1 is 1.41 bits per heavy atom. The molecule has 0 saturated heterocycles. The highest BCUT2D eigenvalue weighted by Gasteiger charge is 2.28. The number of benzene rings is 1. The molecular formula is C15H17N5O2. The van der Waals surface area contributed by atoms with Crippen LogP contribution in [0.1, 0.15) is 31.7 Å². The van der Waals surface area contributed by atoms with Gasteiger partial charge in [0.25, 0.3) is 0 Å². The number of rotatable bonds is 6. The molecule has 0 aliphatic heterocycles. The van der Waals surface area contributed by atoms with Crippen molar-refractivity contribution in [2.75, 3.05) is 0 Å². The standard InChI is InChI=1S/C15H17N5O2/c1-3-15(2,14(17)21)18-9-12-19-20-13(22-12)11-6-4-10(8-16)5-7-11/h4-7,18H,3,9H2,1-2H3,(H2,17,21)/t15-/m0/s1. The zero-order valence-electron chi connectivity index (χ0n) is 12.5. The molecule has 7 heteroatoms. The first-order chi connectivity index (χ1) is 10.5. The monoisotopic (exact) mass is 299 g/mol. The Labute approximate surface area is 128 Å². The second kappa shape index (κ2) is 6.37. The topological polar surface area (TPSA) is 118 Å². The average molecular weight is 299 g/mol. The fourth-order valence-electron chi connectivity index (χ4n) is 1.79. The quantitative estimate of drug-likeness (QED) is 0.831. The van der Waals surface area contributed by atoms with Crippen LogP contribution in [0.4, 0.5) is 0 Å². The minimum atomic E-state index is -0.816. The van der Waals surface area contributed by atoms with Gasteiger partial charge in [0, 0.05) is 5.56 Å². The Kier molecular flexibility index (Phi) is 4.53. The second-order valence-electron chi connectivity index (χ2n) is 5.09. The van der Waals surface area contributed by atoms with Gasteiger partial charge in [-0.15, -0.1) is 10.2 Å². The van der Waals surface area contributed by atoms with E-state index in [4.69, 9.17) is 15.4 Å². The minimum absolute atomic E-state index is 0.247. The molecule has 0 unspecified atom stereocenters. The molecule has 0 saturated carbocycles. The van der Waals surface area contributed by atoms with Gasteiger partial charge in [0.1, 0.15) is 0 Å². The summed E-state index contributed by atoms with van der Waals surface area (Å²) in [5.41, 5.74) is 5.85. The number of amides is 1. The lowest BCUT2D eigenvalue weighted by Gasteiger charge is -2.24. The summed E-state index contributed by atoms with van der Waals surface area (Å²) in [4.78, 5) is 11.4. The van der Waals surface area contributed by atoms with Crippen molar-refractivity contribution in [2.45, 2.75) is 32.4 Å². The Morgan fingerprint density at radius 2 is 2.09 bits per heavy atom. The van der Waals surface area contributed by atoms with Crippen LogP contribution in [0.3, 0.4) is 0 Å². The molecule has 1 aromatic carbocycles. The summed E-state index contributed by atoms with van der Waals surface area (Å²) in [7, 11) is 0. The first-order valence-corrected chi connectivity index (χ1v) is 6.86. The number of aromatic nitrogens is 2. The van der Waals surface area contributed by atoms with Gasteiger partial charge >= 0.3 is 0 Å². The Morgan fingerprint density at radius 3 is 2.64 bits per heavy atom. The molecule has 1 heterocycles. The summed E-state index contributed by atoms with van der Waals surface area (Å²) in [5, 5.41) is 19.7. The van der Waals surface area contributed by atoms with Gasteiger partial charge in [-0.2, -0.15) is 5.26 Å². The fourth-order valence-corrected chi connectivity index (χ4v) is 1.79. The summed E-state index contributed by atoms with van der Waals surface area (Å²) in [5.74, 6) is 0.292. The van der Waals surface area contributed by atoms with Gasteiger partial charge in [-0.05, 0) is 37.6 Å². The lowest BCUT2D eigenvalue weighted by Crippen LogP contribution is -2.52. The van der Waals surface area contributed by atoms with E-state index in [2.05, 4.69) is 15.5 Å². The highest BCUT2D eigenvalue weighted by Crippen LogP contribution is 2.18. The normalized spacial score (nSPS) is 13.3. The van der Waals surface area contributed by atoms with Gasteiger partial charge in [-0.1, -0.05) is 6.92 Å². The largest absolute Gasteiger partial charge is 0.419 e. The van der Waals surface area contributed by atoms with Gasteiger partial charge in [-0.25, -0.2) is 0 Å². The Balaban J connectivity index is 2.08. The van der Waals surface area contributed by atoms with Crippen molar-refractivity contribution >= 4 is 5.91 Å². The van der Waals surface area contributed by atoms with E-state index in [9.17, 15) is 4.79 Å². The molecule has 1 atom stereocenters. The molecule has 0 bridgehead atoms. The highest BCUT2D eigenvalue weighted by atomic mass is 16.4. The average Bonchev–Trinajstić information content (AvgIpc) is 3.01. The highest BCUT2D eigenvalue weighted by molar-refractivity contribution is 5.84. The fraction of sp³-hybridized carbons (Fsp3) is 0.333. The van der Waals surface area contributed by atoms with Gasteiger partial charge in [0.15, 0.2) is 0 Å². The van der Waals surface area contributed by atoms with Crippen molar-refractivity contribution in [1.29, 1.82) is 5.26 Å². The first kappa shape index (κ1) is 15.7. The van der Waals surface area contributed by atoms with E-state index in [-0.39, 0.29) is 6.54 Å². The zero-order valence-corrected chi connectivity index (χ0v) is 12.5. The van der Waals surface area contributed by atoms with E-state index >= 15 is 0 Å². The van der Waals surface area contributed by atoms with Crippen LogP contribution in [0, 0.1) is 11.3 Å². The molecule has 0 spiro atoms. The molecule has 0 radical (unpaired) electrons. The summed E-state index contributed by atoms with van der Waals surface area (Å²) >= 11 is 0. The molecular weight excluding hydrogens is 282 g/mol. The maximum Gasteiger partial charge on any atom is 0.247 e. The van der Waals surface area contributed by atoms with Crippen molar-refractivity contribution in [3.8, 4) is 17.5 Å². The molecule has 0 fully saturated rings. The van der Waals surface area contributed by atoms with Crippen molar-refractivity contribution < 1.29 is 9.21 Å². The number of hydrogen-bond acceptors (Lipinski definition) is 6. The van der Waals surface area contributed by atoms with Gasteiger partial charge < -0.3 is 10.2 Å². The molecule has 1 aromatic heterocycles. The Hall–Kier alpha value is -2.72. The number of hydrogen-bond donors (Lipinski definition) is 2. The van der Waals surface area contributed by atoms with Gasteiger partial charge in [0.2, 0.25) is 17.7 Å². The van der Waals surface area contributed by atoms with Crippen LogP contribution in [0.25, 0.3) is 11.5 Å². The third-order valence-corrected chi connectivity index (χ3v) is 3.61. The number of carbonyl (C=O) groups excluding carboxylic acids is 1. The number of primary amides is 1. The summed E-state index contributed by atoms with van der Waals surface area (Å²) in [6, 6.07) is 8.88. The molecule has 1 amide bonds. The predicted molar refractivity (Wildman–Crippen MR) is 79.2 cm³/mol. The summed E-state index contributed by atoms with van der Waals surface area (Å²) in [6.45, 7) is 3.84. The van der Waals surface area contributed by atoms with Crippen molar-refractivity contribution in [1.82, 2.24) is 15.5 Å². The molecule has 3 N–H and O–H groups in total. The third-order valence-electron chi connectivity index (χ3n) is 3.61. The number of nitrogens with zero attached hydrogens (tertiary/aromatic N) is 3. The summed E-state index contributed by atoms with van der Waals surface area (Å²) < 4.78 is 5.54. The molecule has 2 aromatic rings.